The molecular formula is C39H60O7. The number of rotatable bonds is 21. The summed E-state index contributed by atoms with van der Waals surface area (Å²) in [6, 6.07) is 9.03. The van der Waals surface area contributed by atoms with Gasteiger partial charge < -0.3 is 24.1 Å². The molecule has 0 saturated heterocycles. The van der Waals surface area contributed by atoms with Crippen LogP contribution in [0.25, 0.3) is 0 Å². The molecule has 7 heteroatoms. The fraction of sp³-hybridized carbons (Fsp3) is 0.692. The highest BCUT2D eigenvalue weighted by molar-refractivity contribution is 5.88. The van der Waals surface area contributed by atoms with Gasteiger partial charge in [0.15, 0.2) is 0 Å². The Kier molecular flexibility index (Phi) is 17.7. The number of benzene rings is 1. The van der Waals surface area contributed by atoms with Crippen molar-refractivity contribution in [3.05, 3.63) is 59.7 Å². The molecule has 0 aliphatic heterocycles. The number of esters is 2. The third-order valence-corrected chi connectivity index (χ3v) is 10.1. The van der Waals surface area contributed by atoms with Gasteiger partial charge in [0.25, 0.3) is 0 Å². The quantitative estimate of drug-likeness (QED) is 0.0835. The second-order valence-corrected chi connectivity index (χ2v) is 13.6. The Hall–Kier alpha value is -2.48. The first-order valence-corrected chi connectivity index (χ1v) is 17.8. The smallest absolute Gasteiger partial charge is 0.335 e. The summed E-state index contributed by atoms with van der Waals surface area (Å²) < 4.78 is 21.1. The molecule has 0 radical (unpaired) electrons. The van der Waals surface area contributed by atoms with E-state index in [1.165, 1.54) is 95.3 Å². The molecule has 1 aromatic carbocycles. The lowest BCUT2D eigenvalue weighted by atomic mass is 9.68. The molecule has 2 saturated carbocycles. The van der Waals surface area contributed by atoms with Gasteiger partial charge >= 0.3 is 11.9 Å². The van der Waals surface area contributed by atoms with Crippen LogP contribution in [0.1, 0.15) is 107 Å². The molecule has 2 aliphatic carbocycles. The van der Waals surface area contributed by atoms with E-state index in [9.17, 15) is 9.59 Å². The van der Waals surface area contributed by atoms with Crippen LogP contribution >= 0.6 is 0 Å². The van der Waals surface area contributed by atoms with Gasteiger partial charge in [-0.05, 0) is 86.2 Å². The van der Waals surface area contributed by atoms with Crippen molar-refractivity contribution in [3.8, 4) is 0 Å². The fourth-order valence-corrected chi connectivity index (χ4v) is 7.24. The number of hydrogen-bond donors (Lipinski definition) is 1. The van der Waals surface area contributed by atoms with E-state index in [-0.39, 0.29) is 56.7 Å². The molecular weight excluding hydrogens is 580 g/mol. The van der Waals surface area contributed by atoms with Gasteiger partial charge in [0.2, 0.25) is 0 Å². The summed E-state index contributed by atoms with van der Waals surface area (Å²) in [5.41, 5.74) is 3.07. The maximum absolute atomic E-state index is 12.4. The summed E-state index contributed by atoms with van der Waals surface area (Å²) in [5.74, 6) is 2.23. The Morgan fingerprint density at radius 2 is 1.43 bits per heavy atom. The number of ether oxygens (including phenoxy) is 4. The highest BCUT2D eigenvalue weighted by atomic mass is 16.6. The topological polar surface area (TPSA) is 91.3 Å². The van der Waals surface area contributed by atoms with Crippen molar-refractivity contribution < 1.29 is 33.6 Å². The van der Waals surface area contributed by atoms with Gasteiger partial charge in [0.05, 0.1) is 50.8 Å². The maximum atomic E-state index is 12.4. The van der Waals surface area contributed by atoms with Crippen molar-refractivity contribution in [2.45, 2.75) is 103 Å². The maximum Gasteiger partial charge on any atom is 0.335 e. The molecule has 258 valence electrons. The Morgan fingerprint density at radius 1 is 0.848 bits per heavy atom. The van der Waals surface area contributed by atoms with Crippen molar-refractivity contribution in [2.75, 3.05) is 46.8 Å². The van der Waals surface area contributed by atoms with Gasteiger partial charge in [0.1, 0.15) is 0 Å². The van der Waals surface area contributed by atoms with Gasteiger partial charge in [-0.1, -0.05) is 82.9 Å². The fourth-order valence-electron chi connectivity index (χ4n) is 7.24. The van der Waals surface area contributed by atoms with Crippen LogP contribution in [0.3, 0.4) is 0 Å². The molecule has 0 heterocycles. The molecule has 0 spiro atoms. The molecule has 2 aliphatic rings. The summed E-state index contributed by atoms with van der Waals surface area (Å²) in [7, 11) is 1.50. The van der Waals surface area contributed by atoms with Gasteiger partial charge in [-0.25, -0.2) is 9.59 Å². The van der Waals surface area contributed by atoms with E-state index in [4.69, 9.17) is 24.1 Å². The lowest BCUT2D eigenvalue weighted by Gasteiger charge is -2.38. The van der Waals surface area contributed by atoms with Gasteiger partial charge in [-0.15, -0.1) is 0 Å². The molecule has 0 bridgehead atoms. The Labute approximate surface area is 278 Å². The molecule has 1 atom stereocenters. The average molecular weight is 641 g/mol. The standard InChI is InChI=1S/C39H60O7/c1-5-6-7-8-31-11-15-34(16-12-31)36-19-21-37(22-20-36)35-17-13-32(14-18-35)9-10-33(27-45-38(41)29(2)25-43-4)28-46-39(42)30(3)26-44-24-23-40/h13-14,17-18,31,33-34,36-37,40H,2-3,5-12,15-16,19-28H2,1,4H3. The Bertz CT molecular complexity index is 1050. The largest absolute Gasteiger partial charge is 0.462 e. The minimum absolute atomic E-state index is 0.00984. The molecule has 7 nitrogen and oxygen atoms in total. The average Bonchev–Trinajstić information content (AvgIpc) is 3.08. The number of unbranched alkanes of at least 4 members (excludes halogenated alkanes) is 2. The zero-order valence-corrected chi connectivity index (χ0v) is 28.6. The normalized spacial score (nSPS) is 22.2. The zero-order valence-electron chi connectivity index (χ0n) is 28.6. The summed E-state index contributed by atoms with van der Waals surface area (Å²) in [4.78, 5) is 24.7. The Morgan fingerprint density at radius 3 is 2.00 bits per heavy atom. The highest BCUT2D eigenvalue weighted by Gasteiger charge is 2.31. The van der Waals surface area contributed by atoms with Gasteiger partial charge in [-0.3, -0.25) is 0 Å². The molecule has 3 rings (SSSR count). The number of hydrogen-bond acceptors (Lipinski definition) is 7. The van der Waals surface area contributed by atoms with Gasteiger partial charge in [-0.2, -0.15) is 0 Å². The van der Waals surface area contributed by atoms with Crippen LogP contribution < -0.4 is 0 Å². The molecule has 1 unspecified atom stereocenters. The lowest BCUT2D eigenvalue weighted by molar-refractivity contribution is -0.145. The SMILES string of the molecule is C=C(COC)C(=O)OCC(CCc1ccc(C2CCC(C3CCC(CCCCC)CC3)CC2)cc1)COC(=O)C(=C)COCCO. The van der Waals surface area contributed by atoms with E-state index in [1.54, 1.807) is 0 Å². The predicted molar refractivity (Wildman–Crippen MR) is 183 cm³/mol. The summed E-state index contributed by atoms with van der Waals surface area (Å²) in [6.07, 6.45) is 18.2. The van der Waals surface area contributed by atoms with Crippen molar-refractivity contribution in [1.82, 2.24) is 0 Å². The number of aryl methyl sites for hydroxylation is 1. The van der Waals surface area contributed by atoms with E-state index in [0.717, 1.165) is 24.2 Å². The summed E-state index contributed by atoms with van der Waals surface area (Å²) in [6.45, 7) is 9.99. The first kappa shape index (κ1) is 38.0. The van der Waals surface area contributed by atoms with Crippen molar-refractivity contribution in [3.63, 3.8) is 0 Å². The van der Waals surface area contributed by atoms with Crippen LogP contribution in [0.4, 0.5) is 0 Å². The first-order chi connectivity index (χ1) is 22.3. The molecule has 46 heavy (non-hydrogen) atoms. The monoisotopic (exact) mass is 640 g/mol. The third-order valence-electron chi connectivity index (χ3n) is 10.1. The minimum atomic E-state index is -0.563. The third kappa shape index (κ3) is 13.3. The molecule has 2 fully saturated rings. The van der Waals surface area contributed by atoms with Crippen LogP contribution in [0.15, 0.2) is 48.6 Å². The number of methoxy groups -OCH3 is 1. The number of carbonyl (C=O) groups excluding carboxylic acids is 2. The molecule has 0 amide bonds. The van der Waals surface area contributed by atoms with Crippen LogP contribution in [0.2, 0.25) is 0 Å². The molecule has 1 aromatic rings. The van der Waals surface area contributed by atoms with Crippen LogP contribution in [-0.4, -0.2) is 63.8 Å². The highest BCUT2D eigenvalue weighted by Crippen LogP contribution is 2.44. The van der Waals surface area contributed by atoms with E-state index in [0.29, 0.717) is 12.3 Å². The summed E-state index contributed by atoms with van der Waals surface area (Å²) >= 11 is 0. The van der Waals surface area contributed by atoms with E-state index < -0.39 is 11.9 Å². The van der Waals surface area contributed by atoms with E-state index in [2.05, 4.69) is 44.3 Å². The van der Waals surface area contributed by atoms with Crippen LogP contribution in [-0.2, 0) is 35.0 Å². The minimum Gasteiger partial charge on any atom is -0.462 e. The van der Waals surface area contributed by atoms with Crippen molar-refractivity contribution in [1.29, 1.82) is 0 Å². The number of aliphatic hydroxyl groups excluding tert-OH is 1. The van der Waals surface area contributed by atoms with Crippen molar-refractivity contribution >= 4 is 11.9 Å². The lowest BCUT2D eigenvalue weighted by Crippen LogP contribution is -2.25. The van der Waals surface area contributed by atoms with Crippen LogP contribution in [0.5, 0.6) is 0 Å². The Balaban J connectivity index is 1.45. The molecule has 0 aromatic heterocycles. The predicted octanol–water partition coefficient (Wildman–Crippen LogP) is 7.75. The van der Waals surface area contributed by atoms with E-state index in [1.807, 2.05) is 0 Å². The second-order valence-electron chi connectivity index (χ2n) is 13.6. The second kappa shape index (κ2) is 21.4. The van der Waals surface area contributed by atoms with Crippen molar-refractivity contribution in [2.24, 2.45) is 23.7 Å². The zero-order chi connectivity index (χ0) is 33.1. The van der Waals surface area contributed by atoms with E-state index >= 15 is 0 Å². The number of carbonyl (C=O) groups is 2. The van der Waals surface area contributed by atoms with Gasteiger partial charge in [0, 0.05) is 13.0 Å². The van der Waals surface area contributed by atoms with Crippen LogP contribution in [0, 0.1) is 23.7 Å². The number of aliphatic hydroxyl groups is 1. The summed E-state index contributed by atoms with van der Waals surface area (Å²) in [5, 5.41) is 8.86. The molecule has 1 N–H and O–H groups in total. The first-order valence-electron chi connectivity index (χ1n) is 17.8.